The van der Waals surface area contributed by atoms with Crippen LogP contribution in [0.25, 0.3) is 17.0 Å². The number of rotatable bonds is 1. The molecule has 3 heterocycles. The number of hydrogen-bond acceptors (Lipinski definition) is 5. The van der Waals surface area contributed by atoms with E-state index in [4.69, 9.17) is 10.3 Å². The van der Waals surface area contributed by atoms with Gasteiger partial charge in [-0.1, -0.05) is 32.0 Å². The molecule has 0 aliphatic heterocycles. The molecule has 0 spiro atoms. The second-order valence-electron chi connectivity index (χ2n) is 5.46. The molecule has 0 unspecified atom stereocenters. The van der Waals surface area contributed by atoms with Crippen LogP contribution in [-0.2, 0) is 5.41 Å². The molecule has 0 saturated heterocycles. The van der Waals surface area contributed by atoms with E-state index in [1.54, 1.807) is 4.52 Å². The highest BCUT2D eigenvalue weighted by Crippen LogP contribution is 2.30. The first-order valence-corrected chi connectivity index (χ1v) is 6.04. The molecule has 98 valence electrons. The normalized spacial score (nSPS) is 12.2. The van der Waals surface area contributed by atoms with Crippen LogP contribution >= 0.6 is 0 Å². The summed E-state index contributed by atoms with van der Waals surface area (Å²) in [5.74, 6) is 1.44. The van der Waals surface area contributed by atoms with Gasteiger partial charge in [-0.2, -0.15) is 4.98 Å². The molecule has 3 aromatic rings. The van der Waals surface area contributed by atoms with Gasteiger partial charge in [0.2, 0.25) is 0 Å². The number of nitrogens with zero attached hydrogens (tertiary/aromatic N) is 4. The molecule has 3 aromatic heterocycles. The van der Waals surface area contributed by atoms with Gasteiger partial charge in [0.25, 0.3) is 5.89 Å². The Bertz CT molecular complexity index is 735. The lowest BCUT2D eigenvalue weighted by Crippen LogP contribution is -2.13. The van der Waals surface area contributed by atoms with E-state index in [9.17, 15) is 0 Å². The molecule has 0 amide bonds. The van der Waals surface area contributed by atoms with Crippen molar-refractivity contribution in [3.8, 4) is 11.5 Å². The van der Waals surface area contributed by atoms with Crippen LogP contribution in [0.4, 0.5) is 5.82 Å². The van der Waals surface area contributed by atoms with E-state index in [0.717, 1.165) is 5.52 Å². The summed E-state index contributed by atoms with van der Waals surface area (Å²) in [7, 11) is 0. The number of nitrogens with two attached hydrogens (primary N) is 1. The van der Waals surface area contributed by atoms with Crippen molar-refractivity contribution in [2.75, 3.05) is 5.73 Å². The van der Waals surface area contributed by atoms with E-state index in [1.165, 1.54) is 0 Å². The van der Waals surface area contributed by atoms with Gasteiger partial charge in [-0.3, -0.25) is 0 Å². The third-order valence-corrected chi connectivity index (χ3v) is 2.88. The Morgan fingerprint density at radius 2 is 2.05 bits per heavy atom. The zero-order chi connectivity index (χ0) is 13.6. The van der Waals surface area contributed by atoms with E-state index >= 15 is 0 Å². The van der Waals surface area contributed by atoms with Gasteiger partial charge in [0.05, 0.1) is 5.52 Å². The summed E-state index contributed by atoms with van der Waals surface area (Å²) < 4.78 is 7.03. The van der Waals surface area contributed by atoms with Crippen molar-refractivity contribution in [1.82, 2.24) is 19.8 Å². The first kappa shape index (κ1) is 11.7. The van der Waals surface area contributed by atoms with Crippen LogP contribution in [0.2, 0.25) is 0 Å². The average molecular weight is 257 g/mol. The molecule has 0 bridgehead atoms. The fraction of sp³-hybridized carbons (Fsp3) is 0.308. The van der Waals surface area contributed by atoms with Gasteiger partial charge >= 0.3 is 0 Å². The Morgan fingerprint density at radius 3 is 2.74 bits per heavy atom. The molecule has 19 heavy (non-hydrogen) atoms. The smallest absolute Gasteiger partial charge is 0.263 e. The molecule has 0 fully saturated rings. The summed E-state index contributed by atoms with van der Waals surface area (Å²) in [4.78, 5) is 4.42. The van der Waals surface area contributed by atoms with E-state index in [1.807, 2.05) is 45.2 Å². The molecule has 2 N–H and O–H groups in total. The average Bonchev–Trinajstić information content (AvgIpc) is 2.90. The first-order valence-electron chi connectivity index (χ1n) is 6.04. The van der Waals surface area contributed by atoms with Gasteiger partial charge in [0.15, 0.2) is 11.6 Å². The molecular weight excluding hydrogens is 242 g/mol. The predicted molar refractivity (Wildman–Crippen MR) is 71.6 cm³/mol. The quantitative estimate of drug-likeness (QED) is 0.723. The Labute approximate surface area is 110 Å². The van der Waals surface area contributed by atoms with Crippen molar-refractivity contribution >= 4 is 11.3 Å². The van der Waals surface area contributed by atoms with Crippen LogP contribution in [-0.4, -0.2) is 19.8 Å². The fourth-order valence-corrected chi connectivity index (χ4v) is 1.87. The van der Waals surface area contributed by atoms with Crippen molar-refractivity contribution in [3.63, 3.8) is 0 Å². The van der Waals surface area contributed by atoms with Gasteiger partial charge in [0, 0.05) is 11.6 Å². The van der Waals surface area contributed by atoms with Crippen molar-refractivity contribution in [2.45, 2.75) is 26.2 Å². The molecule has 0 saturated carbocycles. The van der Waals surface area contributed by atoms with Crippen LogP contribution in [0, 0.1) is 0 Å². The van der Waals surface area contributed by atoms with Gasteiger partial charge < -0.3 is 10.3 Å². The van der Waals surface area contributed by atoms with E-state index in [2.05, 4.69) is 15.2 Å². The standard InChI is InChI=1S/C13H15N5O/c1-13(2,3)12-15-11(19-17-12)9-8-6-4-5-7-18(8)16-10(9)14/h4-7H,1-3H3,(H2,14,16). The monoisotopic (exact) mass is 257 g/mol. The van der Waals surface area contributed by atoms with Crippen LogP contribution < -0.4 is 5.73 Å². The molecule has 0 aromatic carbocycles. The Hall–Kier alpha value is -2.37. The number of fused-ring (bicyclic) bond motifs is 1. The van der Waals surface area contributed by atoms with E-state index in [-0.39, 0.29) is 5.41 Å². The molecule has 0 aliphatic carbocycles. The maximum Gasteiger partial charge on any atom is 0.263 e. The lowest BCUT2D eigenvalue weighted by molar-refractivity contribution is 0.403. The number of anilines is 1. The van der Waals surface area contributed by atoms with Gasteiger partial charge in [-0.05, 0) is 12.1 Å². The number of hydrogen-bond donors (Lipinski definition) is 1. The summed E-state index contributed by atoms with van der Waals surface area (Å²) in [6.45, 7) is 6.09. The fourth-order valence-electron chi connectivity index (χ4n) is 1.87. The molecule has 3 rings (SSSR count). The zero-order valence-corrected chi connectivity index (χ0v) is 11.1. The molecule has 0 radical (unpaired) electrons. The first-order chi connectivity index (χ1) is 8.97. The SMILES string of the molecule is CC(C)(C)c1noc(-c2c(N)nn3ccccc23)n1. The maximum atomic E-state index is 5.94. The van der Waals surface area contributed by atoms with Gasteiger partial charge in [-0.15, -0.1) is 5.10 Å². The van der Waals surface area contributed by atoms with Crippen molar-refractivity contribution in [3.05, 3.63) is 30.2 Å². The summed E-state index contributed by atoms with van der Waals surface area (Å²) in [5, 5.41) is 8.24. The minimum absolute atomic E-state index is 0.167. The van der Waals surface area contributed by atoms with Gasteiger partial charge in [-0.25, -0.2) is 4.52 Å². The summed E-state index contributed by atoms with van der Waals surface area (Å²) in [6, 6.07) is 5.72. The number of nitrogen functional groups attached to an aromatic ring is 1. The lowest BCUT2D eigenvalue weighted by Gasteiger charge is -2.10. The van der Waals surface area contributed by atoms with Gasteiger partial charge in [0.1, 0.15) is 5.56 Å². The minimum atomic E-state index is -0.167. The van der Waals surface area contributed by atoms with Crippen LogP contribution in [0.1, 0.15) is 26.6 Å². The van der Waals surface area contributed by atoms with Crippen molar-refractivity contribution < 1.29 is 4.52 Å². The summed E-state index contributed by atoms with van der Waals surface area (Å²) in [5.41, 5.74) is 7.31. The minimum Gasteiger partial charge on any atom is -0.382 e. The highest BCUT2D eigenvalue weighted by molar-refractivity contribution is 5.84. The Kier molecular flexibility index (Phi) is 2.35. The molecule has 0 aliphatic rings. The molecule has 6 heteroatoms. The third-order valence-electron chi connectivity index (χ3n) is 2.88. The third kappa shape index (κ3) is 1.85. The maximum absolute atomic E-state index is 5.94. The van der Waals surface area contributed by atoms with Crippen molar-refractivity contribution in [1.29, 1.82) is 0 Å². The Morgan fingerprint density at radius 1 is 1.26 bits per heavy atom. The van der Waals surface area contributed by atoms with E-state index < -0.39 is 0 Å². The number of pyridine rings is 1. The summed E-state index contributed by atoms with van der Waals surface area (Å²) >= 11 is 0. The predicted octanol–water partition coefficient (Wildman–Crippen LogP) is 2.26. The van der Waals surface area contributed by atoms with E-state index in [0.29, 0.717) is 23.1 Å². The Balaban J connectivity index is 2.19. The largest absolute Gasteiger partial charge is 0.382 e. The second kappa shape index (κ2) is 3.81. The topological polar surface area (TPSA) is 82.2 Å². The molecule has 0 atom stereocenters. The zero-order valence-electron chi connectivity index (χ0n) is 11.1. The van der Waals surface area contributed by atoms with Crippen LogP contribution in [0.15, 0.2) is 28.9 Å². The molecule has 6 nitrogen and oxygen atoms in total. The highest BCUT2D eigenvalue weighted by atomic mass is 16.5. The molecular formula is C13H15N5O. The second-order valence-corrected chi connectivity index (χ2v) is 5.46. The van der Waals surface area contributed by atoms with Crippen LogP contribution in [0.5, 0.6) is 0 Å². The van der Waals surface area contributed by atoms with Crippen LogP contribution in [0.3, 0.4) is 0 Å². The summed E-state index contributed by atoms with van der Waals surface area (Å²) in [6.07, 6.45) is 1.83. The lowest BCUT2D eigenvalue weighted by atomic mass is 9.96. The van der Waals surface area contributed by atoms with Crippen molar-refractivity contribution in [2.24, 2.45) is 0 Å². The number of aromatic nitrogens is 4. The highest BCUT2D eigenvalue weighted by Gasteiger charge is 2.24.